The molecule has 1 aromatic carbocycles. The van der Waals surface area contributed by atoms with E-state index in [1.54, 1.807) is 12.1 Å². The monoisotopic (exact) mass is 342 g/mol. The van der Waals surface area contributed by atoms with E-state index in [0.29, 0.717) is 43.3 Å². The Bertz CT molecular complexity index is 517. The quantitative estimate of drug-likeness (QED) is 0.781. The van der Waals surface area contributed by atoms with Gasteiger partial charge in [0.25, 0.3) is 0 Å². The maximum Gasteiger partial charge on any atom is 0.220 e. The van der Waals surface area contributed by atoms with Crippen molar-refractivity contribution < 1.29 is 13.9 Å². The van der Waals surface area contributed by atoms with Gasteiger partial charge >= 0.3 is 0 Å². The predicted molar refractivity (Wildman–Crippen MR) is 89.4 cm³/mol. The summed E-state index contributed by atoms with van der Waals surface area (Å²) in [5.74, 6) is 0.767. The van der Waals surface area contributed by atoms with Crippen LogP contribution in [-0.4, -0.2) is 31.1 Å². The van der Waals surface area contributed by atoms with E-state index in [0.717, 1.165) is 12.8 Å². The number of rotatable bonds is 6. The third-order valence-electron chi connectivity index (χ3n) is 4.53. The van der Waals surface area contributed by atoms with Crippen molar-refractivity contribution in [2.24, 2.45) is 5.92 Å². The zero-order valence-electron chi connectivity index (χ0n) is 13.1. The van der Waals surface area contributed by atoms with Crippen LogP contribution in [0.3, 0.4) is 0 Å². The first-order valence-corrected chi connectivity index (χ1v) is 8.10. The highest BCUT2D eigenvalue weighted by atomic mass is 35.5. The molecule has 2 aliphatic rings. The van der Waals surface area contributed by atoms with Crippen molar-refractivity contribution in [2.45, 2.75) is 44.2 Å². The Hall–Kier alpha value is -1.33. The van der Waals surface area contributed by atoms with Crippen LogP contribution < -0.4 is 15.4 Å². The summed E-state index contributed by atoms with van der Waals surface area (Å²) in [6, 6.07) is 7.26. The SMILES string of the molecule is Cl.O=C(CC1CC2CCC(C1)N2)NCCOc1cccc(F)c1. The van der Waals surface area contributed by atoms with Crippen LogP contribution >= 0.6 is 12.4 Å². The summed E-state index contributed by atoms with van der Waals surface area (Å²) >= 11 is 0. The molecule has 3 rings (SSSR count). The molecule has 23 heavy (non-hydrogen) atoms. The lowest BCUT2D eigenvalue weighted by Gasteiger charge is -2.28. The minimum Gasteiger partial charge on any atom is -0.492 e. The van der Waals surface area contributed by atoms with Gasteiger partial charge in [-0.2, -0.15) is 0 Å². The van der Waals surface area contributed by atoms with Gasteiger partial charge in [0.1, 0.15) is 18.2 Å². The molecule has 1 amide bonds. The van der Waals surface area contributed by atoms with Crippen molar-refractivity contribution in [1.82, 2.24) is 10.6 Å². The summed E-state index contributed by atoms with van der Waals surface area (Å²) in [6.45, 7) is 0.805. The number of piperidine rings is 1. The first-order valence-electron chi connectivity index (χ1n) is 8.10. The average molecular weight is 343 g/mol. The highest BCUT2D eigenvalue weighted by Gasteiger charge is 2.33. The minimum absolute atomic E-state index is 0. The van der Waals surface area contributed by atoms with Crippen LogP contribution in [0.5, 0.6) is 5.75 Å². The Morgan fingerprint density at radius 1 is 1.30 bits per heavy atom. The third kappa shape index (κ3) is 5.36. The van der Waals surface area contributed by atoms with E-state index >= 15 is 0 Å². The fourth-order valence-corrected chi connectivity index (χ4v) is 3.59. The number of carbonyl (C=O) groups excluding carboxylic acids is 1. The van der Waals surface area contributed by atoms with Crippen LogP contribution in [-0.2, 0) is 4.79 Å². The molecule has 2 unspecified atom stereocenters. The van der Waals surface area contributed by atoms with Crippen molar-refractivity contribution in [3.63, 3.8) is 0 Å². The molecule has 2 saturated heterocycles. The Labute approximate surface area is 142 Å². The number of fused-ring (bicyclic) bond motifs is 2. The van der Waals surface area contributed by atoms with E-state index < -0.39 is 0 Å². The van der Waals surface area contributed by atoms with E-state index in [9.17, 15) is 9.18 Å². The Kier molecular flexibility index (Phi) is 6.66. The summed E-state index contributed by atoms with van der Waals surface area (Å²) < 4.78 is 18.4. The highest BCUT2D eigenvalue weighted by Crippen LogP contribution is 2.32. The van der Waals surface area contributed by atoms with Gasteiger partial charge in [0, 0.05) is 24.6 Å². The molecule has 2 aliphatic heterocycles. The third-order valence-corrected chi connectivity index (χ3v) is 4.53. The Balaban J connectivity index is 0.00000192. The van der Waals surface area contributed by atoms with E-state index in [4.69, 9.17) is 4.74 Å². The lowest BCUT2D eigenvalue weighted by Crippen LogP contribution is -2.40. The molecule has 0 radical (unpaired) electrons. The predicted octanol–water partition coefficient (Wildman–Crippen LogP) is 2.66. The highest BCUT2D eigenvalue weighted by molar-refractivity contribution is 5.85. The molecule has 1 aromatic rings. The summed E-state index contributed by atoms with van der Waals surface area (Å²) in [7, 11) is 0. The molecule has 2 heterocycles. The summed E-state index contributed by atoms with van der Waals surface area (Å²) in [6.07, 6.45) is 5.34. The first-order chi connectivity index (χ1) is 10.7. The molecule has 2 fully saturated rings. The van der Waals surface area contributed by atoms with Crippen LogP contribution in [0.2, 0.25) is 0 Å². The van der Waals surface area contributed by atoms with Crippen LogP contribution in [0, 0.1) is 11.7 Å². The van der Waals surface area contributed by atoms with Crippen LogP contribution in [0.4, 0.5) is 4.39 Å². The molecule has 0 saturated carbocycles. The Morgan fingerprint density at radius 3 is 2.74 bits per heavy atom. The minimum atomic E-state index is -0.318. The molecule has 4 nitrogen and oxygen atoms in total. The number of hydrogen-bond acceptors (Lipinski definition) is 3. The van der Waals surface area contributed by atoms with Gasteiger partial charge in [-0.05, 0) is 43.7 Å². The molecule has 0 aliphatic carbocycles. The number of hydrogen-bond donors (Lipinski definition) is 2. The second-order valence-corrected chi connectivity index (χ2v) is 6.34. The van der Waals surface area contributed by atoms with E-state index in [2.05, 4.69) is 10.6 Å². The number of halogens is 2. The molecule has 2 N–H and O–H groups in total. The van der Waals surface area contributed by atoms with Crippen LogP contribution in [0.15, 0.2) is 24.3 Å². The van der Waals surface area contributed by atoms with Crippen molar-refractivity contribution in [2.75, 3.05) is 13.2 Å². The fourth-order valence-electron chi connectivity index (χ4n) is 3.59. The maximum absolute atomic E-state index is 13.0. The van der Waals surface area contributed by atoms with Gasteiger partial charge in [-0.15, -0.1) is 12.4 Å². The van der Waals surface area contributed by atoms with Crippen molar-refractivity contribution >= 4 is 18.3 Å². The first kappa shape index (κ1) is 18.0. The smallest absolute Gasteiger partial charge is 0.220 e. The van der Waals surface area contributed by atoms with Crippen LogP contribution in [0.25, 0.3) is 0 Å². The summed E-state index contributed by atoms with van der Waals surface area (Å²) in [5.41, 5.74) is 0. The maximum atomic E-state index is 13.0. The van der Waals surface area contributed by atoms with Gasteiger partial charge in [0.2, 0.25) is 5.91 Å². The summed E-state index contributed by atoms with van der Waals surface area (Å²) in [5, 5.41) is 6.47. The molecular formula is C17H24ClFN2O2. The van der Waals surface area contributed by atoms with Crippen LogP contribution in [0.1, 0.15) is 32.1 Å². The second-order valence-electron chi connectivity index (χ2n) is 6.34. The molecule has 2 bridgehead atoms. The topological polar surface area (TPSA) is 50.4 Å². The number of amides is 1. The Morgan fingerprint density at radius 2 is 2.04 bits per heavy atom. The molecule has 2 atom stereocenters. The van der Waals surface area contributed by atoms with Gasteiger partial charge in [0.05, 0.1) is 6.54 Å². The fraction of sp³-hybridized carbons (Fsp3) is 0.588. The standard InChI is InChI=1S/C17H23FN2O2.ClH/c18-13-2-1-3-16(11-13)22-7-6-19-17(21)10-12-8-14-4-5-15(9-12)20-14;/h1-3,11-12,14-15,20H,4-10H2,(H,19,21);1H. The van der Waals surface area contributed by atoms with Gasteiger partial charge in [-0.3, -0.25) is 4.79 Å². The van der Waals surface area contributed by atoms with Crippen molar-refractivity contribution in [3.8, 4) is 5.75 Å². The average Bonchev–Trinajstić information content (AvgIpc) is 2.83. The van der Waals surface area contributed by atoms with Gasteiger partial charge < -0.3 is 15.4 Å². The zero-order chi connectivity index (χ0) is 15.4. The molecular weight excluding hydrogens is 319 g/mol. The molecule has 128 valence electrons. The number of benzene rings is 1. The molecule has 0 spiro atoms. The van der Waals surface area contributed by atoms with Gasteiger partial charge in [-0.25, -0.2) is 4.39 Å². The summed E-state index contributed by atoms with van der Waals surface area (Å²) in [4.78, 5) is 12.0. The zero-order valence-corrected chi connectivity index (χ0v) is 13.9. The lowest BCUT2D eigenvalue weighted by atomic mass is 9.89. The second kappa shape index (κ2) is 8.50. The molecule has 0 aromatic heterocycles. The van der Waals surface area contributed by atoms with Gasteiger partial charge in [0.15, 0.2) is 0 Å². The normalized spacial score (nSPS) is 25.5. The molecule has 6 heteroatoms. The van der Waals surface area contributed by atoms with E-state index in [-0.39, 0.29) is 24.1 Å². The largest absolute Gasteiger partial charge is 0.492 e. The van der Waals surface area contributed by atoms with Gasteiger partial charge in [-0.1, -0.05) is 6.07 Å². The van der Waals surface area contributed by atoms with Crippen molar-refractivity contribution in [1.29, 1.82) is 0 Å². The lowest BCUT2D eigenvalue weighted by molar-refractivity contribution is -0.122. The van der Waals surface area contributed by atoms with Crippen molar-refractivity contribution in [3.05, 3.63) is 30.1 Å². The number of nitrogens with one attached hydrogen (secondary N) is 2. The number of carbonyl (C=O) groups is 1. The van der Waals surface area contributed by atoms with E-state index in [1.165, 1.54) is 25.0 Å². The number of ether oxygens (including phenoxy) is 1. The van der Waals surface area contributed by atoms with E-state index in [1.807, 2.05) is 0 Å².